The molecule has 0 saturated heterocycles. The molecule has 2 saturated carbocycles. The van der Waals surface area contributed by atoms with Gasteiger partial charge in [0.15, 0.2) is 0 Å². The minimum absolute atomic E-state index is 0.113. The Morgan fingerprint density at radius 1 is 1.00 bits per heavy atom. The van der Waals surface area contributed by atoms with E-state index in [-0.39, 0.29) is 12.1 Å². The van der Waals surface area contributed by atoms with Gasteiger partial charge in [0.2, 0.25) is 0 Å². The monoisotopic (exact) mass is 354 g/mol. The number of hydrogen-bond acceptors (Lipinski definition) is 2. The molecule has 0 aliphatic heterocycles. The fourth-order valence-corrected chi connectivity index (χ4v) is 4.98. The predicted octanol–water partition coefficient (Wildman–Crippen LogP) is 6.20. The van der Waals surface area contributed by atoms with Crippen LogP contribution < -0.4 is 0 Å². The highest BCUT2D eigenvalue weighted by Gasteiger charge is 2.32. The van der Waals surface area contributed by atoms with Crippen molar-refractivity contribution < 1.29 is 9.53 Å². The normalized spacial score (nSPS) is 29.1. The van der Waals surface area contributed by atoms with Crippen LogP contribution in [0.5, 0.6) is 0 Å². The van der Waals surface area contributed by atoms with E-state index in [2.05, 4.69) is 37.8 Å². The van der Waals surface area contributed by atoms with Crippen LogP contribution in [-0.2, 0) is 16.0 Å². The third-order valence-corrected chi connectivity index (χ3v) is 6.63. The molecule has 0 bridgehead atoms. The summed E-state index contributed by atoms with van der Waals surface area (Å²) in [6, 6.07) is 9.31. The van der Waals surface area contributed by atoms with E-state index in [0.29, 0.717) is 6.42 Å². The average molecular weight is 355 g/mol. The average Bonchev–Trinajstić information content (AvgIpc) is 2.69. The van der Waals surface area contributed by atoms with Crippen molar-refractivity contribution in [1.29, 1.82) is 0 Å². The maximum atomic E-state index is 11.6. The summed E-state index contributed by atoms with van der Waals surface area (Å²) in [4.78, 5) is 11.6. The highest BCUT2D eigenvalue weighted by atomic mass is 16.5. The largest absolute Gasteiger partial charge is 0.462 e. The zero-order valence-corrected chi connectivity index (χ0v) is 16.3. The molecular formula is C24H34O2. The lowest BCUT2D eigenvalue weighted by atomic mass is 9.69. The van der Waals surface area contributed by atoms with Gasteiger partial charge in [-0.1, -0.05) is 37.3 Å². The molecule has 2 aliphatic rings. The molecule has 142 valence electrons. The first-order valence-corrected chi connectivity index (χ1v) is 10.6. The molecule has 0 spiro atoms. The number of carbonyl (C=O) groups is 1. The van der Waals surface area contributed by atoms with E-state index in [9.17, 15) is 4.79 Å². The van der Waals surface area contributed by atoms with E-state index in [1.54, 1.807) is 11.6 Å². The van der Waals surface area contributed by atoms with E-state index in [1.807, 2.05) is 0 Å². The van der Waals surface area contributed by atoms with Gasteiger partial charge in [0.05, 0.1) is 6.42 Å². The van der Waals surface area contributed by atoms with Crippen molar-refractivity contribution in [1.82, 2.24) is 0 Å². The molecule has 26 heavy (non-hydrogen) atoms. The fourth-order valence-electron chi connectivity index (χ4n) is 4.98. The fraction of sp³-hybridized carbons (Fsp3) is 0.625. The van der Waals surface area contributed by atoms with Crippen molar-refractivity contribution in [3.63, 3.8) is 0 Å². The van der Waals surface area contributed by atoms with Crippen molar-refractivity contribution in [3.05, 3.63) is 48.0 Å². The first-order chi connectivity index (χ1) is 12.7. The molecule has 0 N–H and O–H groups in total. The van der Waals surface area contributed by atoms with Crippen LogP contribution in [0, 0.1) is 11.8 Å². The number of rotatable bonds is 6. The number of carbonyl (C=O) groups excluding carboxylic acids is 1. The van der Waals surface area contributed by atoms with Gasteiger partial charge < -0.3 is 4.74 Å². The Kier molecular flexibility index (Phi) is 6.93. The van der Waals surface area contributed by atoms with Crippen LogP contribution in [0.25, 0.3) is 0 Å². The van der Waals surface area contributed by atoms with Gasteiger partial charge in [0, 0.05) is 0 Å². The van der Waals surface area contributed by atoms with E-state index < -0.39 is 0 Å². The van der Waals surface area contributed by atoms with Crippen LogP contribution in [0.15, 0.2) is 36.9 Å². The SMILES string of the molecule is C=CCC(=O)OC1CCC([C@H]2CC[C@H](c3ccc(CC)cc3)CC2)CC1. The molecule has 2 fully saturated rings. The smallest absolute Gasteiger partial charge is 0.309 e. The second-order valence-electron chi connectivity index (χ2n) is 8.23. The molecule has 0 radical (unpaired) electrons. The lowest BCUT2D eigenvalue weighted by Crippen LogP contribution is -2.29. The van der Waals surface area contributed by atoms with E-state index in [0.717, 1.165) is 37.0 Å². The van der Waals surface area contributed by atoms with Gasteiger partial charge in [-0.3, -0.25) is 4.79 Å². The molecule has 1 aromatic carbocycles. The van der Waals surface area contributed by atoms with Crippen LogP contribution >= 0.6 is 0 Å². The second kappa shape index (κ2) is 9.39. The van der Waals surface area contributed by atoms with Crippen molar-refractivity contribution in [3.8, 4) is 0 Å². The Bertz CT molecular complexity index is 573. The summed E-state index contributed by atoms with van der Waals surface area (Å²) in [6.07, 6.45) is 13.2. The number of esters is 1. The minimum atomic E-state index is -0.113. The van der Waals surface area contributed by atoms with Gasteiger partial charge >= 0.3 is 5.97 Å². The Morgan fingerprint density at radius 3 is 2.12 bits per heavy atom. The quantitative estimate of drug-likeness (QED) is 0.449. The highest BCUT2D eigenvalue weighted by molar-refractivity contribution is 5.71. The summed E-state index contributed by atoms with van der Waals surface area (Å²) >= 11 is 0. The molecule has 2 nitrogen and oxygen atoms in total. The molecule has 0 atom stereocenters. The molecule has 3 rings (SSSR count). The van der Waals surface area contributed by atoms with Gasteiger partial charge in [-0.05, 0) is 86.7 Å². The van der Waals surface area contributed by atoms with E-state index >= 15 is 0 Å². The Hall–Kier alpha value is -1.57. The first kappa shape index (κ1) is 19.2. The summed E-state index contributed by atoms with van der Waals surface area (Å²) in [5.74, 6) is 2.37. The van der Waals surface area contributed by atoms with E-state index in [4.69, 9.17) is 4.74 Å². The molecule has 2 aliphatic carbocycles. The minimum Gasteiger partial charge on any atom is -0.462 e. The molecular weight excluding hydrogens is 320 g/mol. The Morgan fingerprint density at radius 2 is 1.58 bits per heavy atom. The summed E-state index contributed by atoms with van der Waals surface area (Å²) in [6.45, 7) is 5.82. The van der Waals surface area contributed by atoms with Crippen molar-refractivity contribution >= 4 is 5.97 Å². The predicted molar refractivity (Wildman–Crippen MR) is 107 cm³/mol. The number of benzene rings is 1. The summed E-state index contributed by atoms with van der Waals surface area (Å²) in [7, 11) is 0. The summed E-state index contributed by atoms with van der Waals surface area (Å²) in [5.41, 5.74) is 2.98. The zero-order chi connectivity index (χ0) is 18.4. The van der Waals surface area contributed by atoms with Crippen molar-refractivity contribution in [2.24, 2.45) is 11.8 Å². The van der Waals surface area contributed by atoms with Gasteiger partial charge in [0.1, 0.15) is 6.10 Å². The van der Waals surface area contributed by atoms with Crippen LogP contribution in [-0.4, -0.2) is 12.1 Å². The van der Waals surface area contributed by atoms with Crippen molar-refractivity contribution in [2.45, 2.75) is 83.2 Å². The molecule has 0 heterocycles. The van der Waals surface area contributed by atoms with Gasteiger partial charge in [0.25, 0.3) is 0 Å². The lowest BCUT2D eigenvalue weighted by Gasteiger charge is -2.37. The molecule has 2 heteroatoms. The van der Waals surface area contributed by atoms with Crippen LogP contribution in [0.2, 0.25) is 0 Å². The number of hydrogen-bond donors (Lipinski definition) is 0. The van der Waals surface area contributed by atoms with Gasteiger partial charge in [-0.2, -0.15) is 0 Å². The summed E-state index contributed by atoms with van der Waals surface area (Å²) in [5, 5.41) is 0. The Labute approximate surface area is 159 Å². The van der Waals surface area contributed by atoms with Crippen LogP contribution in [0.3, 0.4) is 0 Å². The topological polar surface area (TPSA) is 26.3 Å². The third-order valence-electron chi connectivity index (χ3n) is 6.63. The Balaban J connectivity index is 1.42. The van der Waals surface area contributed by atoms with Crippen LogP contribution in [0.1, 0.15) is 81.8 Å². The number of ether oxygens (including phenoxy) is 1. The lowest BCUT2D eigenvalue weighted by molar-refractivity contribution is -0.150. The maximum Gasteiger partial charge on any atom is 0.309 e. The second-order valence-corrected chi connectivity index (χ2v) is 8.23. The standard InChI is InChI=1S/C24H34O2/c1-3-5-24(25)26-23-16-14-22(15-17-23)21-12-10-20(11-13-21)19-8-6-18(4-2)7-9-19/h3,6-9,20-23H,1,4-5,10-17H2,2H3/t20-,21-,22?,23?. The molecule has 0 amide bonds. The maximum absolute atomic E-state index is 11.6. The van der Waals surface area contributed by atoms with Crippen LogP contribution in [0.4, 0.5) is 0 Å². The highest BCUT2D eigenvalue weighted by Crippen LogP contribution is 2.43. The zero-order valence-electron chi connectivity index (χ0n) is 16.3. The summed E-state index contributed by atoms with van der Waals surface area (Å²) < 4.78 is 5.55. The molecule has 0 unspecified atom stereocenters. The first-order valence-electron chi connectivity index (χ1n) is 10.6. The third kappa shape index (κ3) is 4.99. The van der Waals surface area contributed by atoms with Crippen molar-refractivity contribution in [2.75, 3.05) is 0 Å². The van der Waals surface area contributed by atoms with Gasteiger partial charge in [-0.25, -0.2) is 0 Å². The number of aryl methyl sites for hydroxylation is 1. The van der Waals surface area contributed by atoms with E-state index in [1.165, 1.54) is 44.1 Å². The van der Waals surface area contributed by atoms with Gasteiger partial charge in [-0.15, -0.1) is 6.58 Å². The molecule has 0 aromatic heterocycles. The molecule has 1 aromatic rings.